The van der Waals surface area contributed by atoms with Crippen LogP contribution in [0.15, 0.2) is 24.3 Å². The van der Waals surface area contributed by atoms with Gasteiger partial charge in [0.15, 0.2) is 0 Å². The molecule has 0 heterocycles. The van der Waals surface area contributed by atoms with E-state index in [4.69, 9.17) is 5.11 Å². The van der Waals surface area contributed by atoms with E-state index in [-0.39, 0.29) is 5.56 Å². The van der Waals surface area contributed by atoms with Crippen molar-refractivity contribution in [3.63, 3.8) is 0 Å². The fourth-order valence-corrected chi connectivity index (χ4v) is 3.49. The average molecular weight is 310 g/mol. The van der Waals surface area contributed by atoms with Crippen molar-refractivity contribution >= 4 is 16.8 Å². The van der Waals surface area contributed by atoms with E-state index in [1.807, 2.05) is 6.07 Å². The van der Waals surface area contributed by atoms with Gasteiger partial charge in [0.2, 0.25) is 0 Å². The molecule has 0 aliphatic carbocycles. The van der Waals surface area contributed by atoms with Gasteiger partial charge in [0.25, 0.3) is 0 Å². The minimum Gasteiger partial charge on any atom is -0.478 e. The molecule has 0 fully saturated rings. The lowest BCUT2D eigenvalue weighted by molar-refractivity contribution is 0.0696. The van der Waals surface area contributed by atoms with Crippen LogP contribution in [-0.2, 0) is 16.6 Å². The van der Waals surface area contributed by atoms with E-state index in [2.05, 4.69) is 6.92 Å². The van der Waals surface area contributed by atoms with E-state index < -0.39 is 16.8 Å². The molecule has 0 saturated heterocycles. The van der Waals surface area contributed by atoms with Gasteiger partial charge in [-0.1, -0.05) is 57.6 Å². The molecule has 0 spiro atoms. The molecule has 0 aliphatic heterocycles. The van der Waals surface area contributed by atoms with Crippen LogP contribution in [0, 0.1) is 0 Å². The molecule has 1 unspecified atom stereocenters. The average Bonchev–Trinajstić information content (AvgIpc) is 2.46. The molecular formula is C17H26O3S. The molecule has 118 valence electrons. The summed E-state index contributed by atoms with van der Waals surface area (Å²) < 4.78 is 12.0. The first-order valence-electron chi connectivity index (χ1n) is 7.80. The molecule has 0 aromatic heterocycles. The van der Waals surface area contributed by atoms with Gasteiger partial charge in [-0.2, -0.15) is 0 Å². The van der Waals surface area contributed by atoms with Gasteiger partial charge in [-0.25, -0.2) is 4.79 Å². The van der Waals surface area contributed by atoms with Crippen molar-refractivity contribution < 1.29 is 14.1 Å². The third-order valence-electron chi connectivity index (χ3n) is 3.48. The Balaban J connectivity index is 2.21. The molecule has 1 aromatic rings. The molecule has 0 bridgehead atoms. The van der Waals surface area contributed by atoms with Crippen LogP contribution < -0.4 is 0 Å². The van der Waals surface area contributed by atoms with Gasteiger partial charge in [0.1, 0.15) is 0 Å². The zero-order valence-corrected chi connectivity index (χ0v) is 13.7. The van der Waals surface area contributed by atoms with Crippen LogP contribution in [0.4, 0.5) is 0 Å². The van der Waals surface area contributed by atoms with Crippen molar-refractivity contribution in [3.05, 3.63) is 35.4 Å². The predicted octanol–water partition coefficient (Wildman–Crippen LogP) is 4.38. The molecule has 1 atom stereocenters. The van der Waals surface area contributed by atoms with Crippen molar-refractivity contribution in [2.24, 2.45) is 0 Å². The number of carbonyl (C=O) groups is 1. The zero-order chi connectivity index (χ0) is 15.5. The Hall–Kier alpha value is -1.16. The summed E-state index contributed by atoms with van der Waals surface area (Å²) in [6, 6.07) is 6.73. The summed E-state index contributed by atoms with van der Waals surface area (Å²) >= 11 is 0. The SMILES string of the molecule is CCCCCCCCCS(=O)Cc1cccc(C(=O)O)c1. The molecule has 0 aliphatic rings. The number of carboxylic acid groups (broad SMARTS) is 1. The van der Waals surface area contributed by atoms with Crippen LogP contribution in [0.2, 0.25) is 0 Å². The Labute approximate surface area is 130 Å². The quantitative estimate of drug-likeness (QED) is 0.617. The largest absolute Gasteiger partial charge is 0.478 e. The second-order valence-electron chi connectivity index (χ2n) is 5.42. The molecule has 1 rings (SSSR count). The van der Waals surface area contributed by atoms with Gasteiger partial charge < -0.3 is 5.11 Å². The highest BCUT2D eigenvalue weighted by Crippen LogP contribution is 2.11. The van der Waals surface area contributed by atoms with Gasteiger partial charge in [-0.15, -0.1) is 0 Å². The van der Waals surface area contributed by atoms with E-state index >= 15 is 0 Å². The summed E-state index contributed by atoms with van der Waals surface area (Å²) in [5.41, 5.74) is 1.11. The summed E-state index contributed by atoms with van der Waals surface area (Å²) in [5.74, 6) is 0.233. The van der Waals surface area contributed by atoms with Crippen molar-refractivity contribution in [1.29, 1.82) is 0 Å². The lowest BCUT2D eigenvalue weighted by Gasteiger charge is -2.04. The lowest BCUT2D eigenvalue weighted by Crippen LogP contribution is -2.03. The summed E-state index contributed by atoms with van der Waals surface area (Å²) in [6.07, 6.45) is 8.53. The van der Waals surface area contributed by atoms with E-state index in [1.165, 1.54) is 32.1 Å². The van der Waals surface area contributed by atoms with Gasteiger partial charge in [0, 0.05) is 22.3 Å². The normalized spacial score (nSPS) is 12.2. The van der Waals surface area contributed by atoms with Crippen LogP contribution in [0.3, 0.4) is 0 Å². The number of carboxylic acids is 1. The van der Waals surface area contributed by atoms with Crippen LogP contribution >= 0.6 is 0 Å². The molecule has 21 heavy (non-hydrogen) atoms. The summed E-state index contributed by atoms with van der Waals surface area (Å²) in [6.45, 7) is 2.21. The maximum Gasteiger partial charge on any atom is 0.335 e. The second-order valence-corrected chi connectivity index (χ2v) is 6.99. The Morgan fingerprint density at radius 2 is 1.76 bits per heavy atom. The van der Waals surface area contributed by atoms with Gasteiger partial charge >= 0.3 is 5.97 Å². The van der Waals surface area contributed by atoms with E-state index in [9.17, 15) is 9.00 Å². The lowest BCUT2D eigenvalue weighted by atomic mass is 10.1. The third kappa shape index (κ3) is 8.00. The Morgan fingerprint density at radius 1 is 1.10 bits per heavy atom. The van der Waals surface area contributed by atoms with Crippen molar-refractivity contribution in [2.75, 3.05) is 5.75 Å². The number of rotatable bonds is 11. The van der Waals surface area contributed by atoms with E-state index in [0.717, 1.165) is 18.4 Å². The van der Waals surface area contributed by atoms with Crippen molar-refractivity contribution in [1.82, 2.24) is 0 Å². The minimum atomic E-state index is -0.935. The summed E-state index contributed by atoms with van der Waals surface area (Å²) in [7, 11) is -0.894. The van der Waals surface area contributed by atoms with Gasteiger partial charge in [-0.3, -0.25) is 4.21 Å². The number of hydrogen-bond acceptors (Lipinski definition) is 2. The molecular weight excluding hydrogens is 284 g/mol. The summed E-state index contributed by atoms with van der Waals surface area (Å²) in [5, 5.41) is 8.93. The maximum atomic E-state index is 12.0. The fraction of sp³-hybridized carbons (Fsp3) is 0.588. The summed E-state index contributed by atoms with van der Waals surface area (Å²) in [4.78, 5) is 10.9. The first-order chi connectivity index (χ1) is 10.1. The molecule has 0 amide bonds. The van der Waals surface area contributed by atoms with Gasteiger partial charge in [0.05, 0.1) is 5.56 Å². The Bertz CT molecular complexity index is 457. The number of hydrogen-bond donors (Lipinski definition) is 1. The second kappa shape index (κ2) is 10.6. The monoisotopic (exact) mass is 310 g/mol. The van der Waals surface area contributed by atoms with E-state index in [1.54, 1.807) is 18.2 Å². The first-order valence-corrected chi connectivity index (χ1v) is 9.29. The van der Waals surface area contributed by atoms with Crippen molar-refractivity contribution in [2.45, 2.75) is 57.6 Å². The molecule has 0 radical (unpaired) electrons. The van der Waals surface area contributed by atoms with Crippen LogP contribution in [0.5, 0.6) is 0 Å². The molecule has 3 nitrogen and oxygen atoms in total. The minimum absolute atomic E-state index is 0.264. The predicted molar refractivity (Wildman–Crippen MR) is 88.1 cm³/mol. The Morgan fingerprint density at radius 3 is 2.43 bits per heavy atom. The maximum absolute atomic E-state index is 12.0. The van der Waals surface area contributed by atoms with E-state index in [0.29, 0.717) is 11.5 Å². The fourth-order valence-electron chi connectivity index (χ4n) is 2.27. The highest BCUT2D eigenvalue weighted by molar-refractivity contribution is 7.84. The van der Waals surface area contributed by atoms with Crippen LogP contribution in [0.25, 0.3) is 0 Å². The number of unbranched alkanes of at least 4 members (excludes halogenated alkanes) is 6. The van der Waals surface area contributed by atoms with Crippen molar-refractivity contribution in [3.8, 4) is 0 Å². The standard InChI is InChI=1S/C17H26O3S/c1-2-3-4-5-6-7-8-12-21(20)14-15-10-9-11-16(13-15)17(18)19/h9-11,13H,2-8,12,14H2,1H3,(H,18,19). The number of aromatic carboxylic acids is 1. The highest BCUT2D eigenvalue weighted by atomic mass is 32.2. The first kappa shape index (κ1) is 17.9. The highest BCUT2D eigenvalue weighted by Gasteiger charge is 2.06. The third-order valence-corrected chi connectivity index (χ3v) is 4.88. The Kier molecular flexibility index (Phi) is 8.99. The molecule has 1 N–H and O–H groups in total. The molecule has 0 saturated carbocycles. The smallest absolute Gasteiger partial charge is 0.335 e. The number of benzene rings is 1. The van der Waals surface area contributed by atoms with Crippen LogP contribution in [-0.4, -0.2) is 21.0 Å². The van der Waals surface area contributed by atoms with Gasteiger partial charge in [-0.05, 0) is 24.1 Å². The zero-order valence-electron chi connectivity index (χ0n) is 12.8. The molecule has 1 aromatic carbocycles. The topological polar surface area (TPSA) is 54.4 Å². The molecule has 4 heteroatoms. The van der Waals surface area contributed by atoms with Crippen LogP contribution in [0.1, 0.15) is 67.8 Å².